The Morgan fingerprint density at radius 1 is 1.28 bits per heavy atom. The number of benzene rings is 1. The van der Waals surface area contributed by atoms with Gasteiger partial charge in [0.2, 0.25) is 10.0 Å². The number of ether oxygens (including phenoxy) is 1. The number of methoxy groups -OCH3 is 1. The fraction of sp³-hybridized carbons (Fsp3) is 0.333. The SMILES string of the molecule is COc1ccc(Br)cc1NS(=O)(=O)CS(C)(=O)=O. The first-order valence-corrected chi connectivity index (χ1v) is 9.15. The Morgan fingerprint density at radius 2 is 1.89 bits per heavy atom. The lowest BCUT2D eigenvalue weighted by atomic mass is 10.3. The van der Waals surface area contributed by atoms with Gasteiger partial charge in [0.25, 0.3) is 0 Å². The van der Waals surface area contributed by atoms with E-state index in [-0.39, 0.29) is 5.69 Å². The summed E-state index contributed by atoms with van der Waals surface area (Å²) in [6, 6.07) is 4.72. The van der Waals surface area contributed by atoms with Gasteiger partial charge in [0.1, 0.15) is 5.75 Å². The van der Waals surface area contributed by atoms with Crippen LogP contribution in [-0.2, 0) is 19.9 Å². The molecule has 1 aromatic carbocycles. The van der Waals surface area contributed by atoms with Crippen LogP contribution < -0.4 is 9.46 Å². The van der Waals surface area contributed by atoms with Gasteiger partial charge < -0.3 is 4.74 Å². The van der Waals surface area contributed by atoms with E-state index in [1.54, 1.807) is 12.1 Å². The molecular formula is C9H12BrNO5S2. The van der Waals surface area contributed by atoms with E-state index in [2.05, 4.69) is 20.7 Å². The molecule has 102 valence electrons. The van der Waals surface area contributed by atoms with E-state index in [1.807, 2.05) is 0 Å². The third kappa shape index (κ3) is 4.83. The van der Waals surface area contributed by atoms with Crippen LogP contribution in [0.3, 0.4) is 0 Å². The number of sulfonamides is 1. The topological polar surface area (TPSA) is 89.5 Å². The molecule has 1 N–H and O–H groups in total. The molecule has 0 bridgehead atoms. The number of rotatable bonds is 5. The van der Waals surface area contributed by atoms with Crippen molar-refractivity contribution < 1.29 is 21.6 Å². The van der Waals surface area contributed by atoms with Crippen molar-refractivity contribution in [2.24, 2.45) is 0 Å². The van der Waals surface area contributed by atoms with Gasteiger partial charge in [-0.2, -0.15) is 0 Å². The molecule has 6 nitrogen and oxygen atoms in total. The number of halogens is 1. The van der Waals surface area contributed by atoms with Gasteiger partial charge >= 0.3 is 0 Å². The summed E-state index contributed by atoms with van der Waals surface area (Å²) < 4.78 is 53.1. The second-order valence-electron chi connectivity index (χ2n) is 3.61. The normalized spacial score (nSPS) is 12.2. The summed E-state index contributed by atoms with van der Waals surface area (Å²) in [6.07, 6.45) is 0.852. The molecule has 0 radical (unpaired) electrons. The lowest BCUT2D eigenvalue weighted by molar-refractivity contribution is 0.417. The van der Waals surface area contributed by atoms with Crippen LogP contribution in [0.2, 0.25) is 0 Å². The monoisotopic (exact) mass is 357 g/mol. The number of hydrogen-bond acceptors (Lipinski definition) is 5. The maximum Gasteiger partial charge on any atom is 0.247 e. The minimum absolute atomic E-state index is 0.176. The van der Waals surface area contributed by atoms with Crippen LogP contribution in [0.15, 0.2) is 22.7 Å². The molecule has 0 saturated heterocycles. The molecule has 0 aliphatic rings. The minimum Gasteiger partial charge on any atom is -0.495 e. The van der Waals surface area contributed by atoms with Crippen molar-refractivity contribution in [3.8, 4) is 5.75 Å². The zero-order valence-electron chi connectivity index (χ0n) is 9.67. The van der Waals surface area contributed by atoms with E-state index in [4.69, 9.17) is 4.74 Å². The molecule has 0 fully saturated rings. The second kappa shape index (κ2) is 5.45. The van der Waals surface area contributed by atoms with Crippen molar-refractivity contribution in [2.45, 2.75) is 0 Å². The molecule has 0 spiro atoms. The fourth-order valence-electron chi connectivity index (χ4n) is 1.24. The number of hydrogen-bond donors (Lipinski definition) is 1. The first kappa shape index (κ1) is 15.3. The van der Waals surface area contributed by atoms with Gasteiger partial charge in [0, 0.05) is 10.7 Å². The standard InChI is InChI=1S/C9H12BrNO5S2/c1-16-9-4-3-7(10)5-8(9)11-18(14,15)6-17(2,12)13/h3-5,11H,6H2,1-2H3. The molecule has 0 aliphatic heterocycles. The van der Waals surface area contributed by atoms with Crippen LogP contribution in [0.5, 0.6) is 5.75 Å². The molecule has 0 saturated carbocycles. The maximum absolute atomic E-state index is 11.6. The van der Waals surface area contributed by atoms with Gasteiger partial charge in [0.05, 0.1) is 12.8 Å². The molecular weight excluding hydrogens is 346 g/mol. The average Bonchev–Trinajstić information content (AvgIpc) is 2.13. The molecule has 0 aromatic heterocycles. The van der Waals surface area contributed by atoms with Gasteiger partial charge in [-0.05, 0) is 18.2 Å². The Labute approximate surface area is 114 Å². The van der Waals surface area contributed by atoms with Crippen molar-refractivity contribution in [3.63, 3.8) is 0 Å². The smallest absolute Gasteiger partial charge is 0.247 e. The Hall–Kier alpha value is -0.800. The third-order valence-electron chi connectivity index (χ3n) is 1.80. The van der Waals surface area contributed by atoms with E-state index in [1.165, 1.54) is 13.2 Å². The first-order valence-electron chi connectivity index (χ1n) is 4.65. The largest absolute Gasteiger partial charge is 0.495 e. The van der Waals surface area contributed by atoms with Crippen LogP contribution in [0.1, 0.15) is 0 Å². The predicted octanol–water partition coefficient (Wildman–Crippen LogP) is 1.20. The molecule has 0 unspecified atom stereocenters. The van der Waals surface area contributed by atoms with Crippen LogP contribution in [0.4, 0.5) is 5.69 Å². The van der Waals surface area contributed by atoms with Crippen LogP contribution in [-0.4, -0.2) is 35.3 Å². The van der Waals surface area contributed by atoms with Crippen molar-refractivity contribution in [1.29, 1.82) is 0 Å². The number of anilines is 1. The molecule has 1 rings (SSSR count). The van der Waals surface area contributed by atoms with Gasteiger partial charge in [-0.25, -0.2) is 16.8 Å². The summed E-state index contributed by atoms with van der Waals surface area (Å²) in [4.78, 5) is 0. The highest BCUT2D eigenvalue weighted by Crippen LogP contribution is 2.28. The lowest BCUT2D eigenvalue weighted by Gasteiger charge is -2.11. The Balaban J connectivity index is 3.08. The highest BCUT2D eigenvalue weighted by Gasteiger charge is 2.19. The quantitative estimate of drug-likeness (QED) is 0.854. The highest BCUT2D eigenvalue weighted by molar-refractivity contribution is 9.10. The maximum atomic E-state index is 11.6. The molecule has 1 aromatic rings. The summed E-state index contributed by atoms with van der Waals surface area (Å²) >= 11 is 3.19. The van der Waals surface area contributed by atoms with E-state index < -0.39 is 24.9 Å². The molecule has 0 heterocycles. The van der Waals surface area contributed by atoms with E-state index in [9.17, 15) is 16.8 Å². The van der Waals surface area contributed by atoms with Crippen LogP contribution in [0.25, 0.3) is 0 Å². The van der Waals surface area contributed by atoms with E-state index >= 15 is 0 Å². The van der Waals surface area contributed by atoms with Crippen LogP contribution >= 0.6 is 15.9 Å². The molecule has 0 amide bonds. The van der Waals surface area contributed by atoms with E-state index in [0.29, 0.717) is 10.2 Å². The zero-order chi connectivity index (χ0) is 14.0. The van der Waals surface area contributed by atoms with Crippen molar-refractivity contribution in [2.75, 3.05) is 23.2 Å². The van der Waals surface area contributed by atoms with Crippen molar-refractivity contribution in [1.82, 2.24) is 0 Å². The van der Waals surface area contributed by atoms with Gasteiger partial charge in [-0.15, -0.1) is 0 Å². The number of sulfone groups is 1. The van der Waals surface area contributed by atoms with Crippen molar-refractivity contribution >= 4 is 41.5 Å². The Morgan fingerprint density at radius 3 is 2.39 bits per heavy atom. The second-order valence-corrected chi connectivity index (χ2v) is 8.75. The molecule has 18 heavy (non-hydrogen) atoms. The summed E-state index contributed by atoms with van der Waals surface area (Å²) in [5.74, 6) is 0.301. The molecule has 0 aliphatic carbocycles. The van der Waals surface area contributed by atoms with E-state index in [0.717, 1.165) is 6.26 Å². The number of nitrogens with one attached hydrogen (secondary N) is 1. The molecule has 9 heteroatoms. The Bertz CT molecular complexity index is 639. The summed E-state index contributed by atoms with van der Waals surface area (Å²) in [7, 11) is -6.23. The molecule has 0 atom stereocenters. The summed E-state index contributed by atoms with van der Waals surface area (Å²) in [5, 5.41) is -0.977. The fourth-order valence-corrected chi connectivity index (χ4v) is 4.58. The average molecular weight is 358 g/mol. The summed E-state index contributed by atoms with van der Waals surface area (Å²) in [5.41, 5.74) is 0.176. The first-order chi connectivity index (χ1) is 8.13. The Kier molecular flexibility index (Phi) is 4.62. The third-order valence-corrected chi connectivity index (χ3v) is 5.77. The lowest BCUT2D eigenvalue weighted by Crippen LogP contribution is -2.22. The van der Waals surface area contributed by atoms with Crippen molar-refractivity contribution in [3.05, 3.63) is 22.7 Å². The van der Waals surface area contributed by atoms with Gasteiger partial charge in [-0.3, -0.25) is 4.72 Å². The summed E-state index contributed by atoms with van der Waals surface area (Å²) in [6.45, 7) is 0. The minimum atomic E-state index is -3.98. The zero-order valence-corrected chi connectivity index (χ0v) is 12.9. The van der Waals surface area contributed by atoms with Gasteiger partial charge in [0.15, 0.2) is 14.9 Å². The highest BCUT2D eigenvalue weighted by atomic mass is 79.9. The van der Waals surface area contributed by atoms with Crippen LogP contribution in [0, 0.1) is 0 Å². The van der Waals surface area contributed by atoms with Gasteiger partial charge in [-0.1, -0.05) is 15.9 Å². The predicted molar refractivity (Wildman–Crippen MR) is 72.9 cm³/mol.